The van der Waals surface area contributed by atoms with Crippen LogP contribution < -0.4 is 0 Å². The van der Waals surface area contributed by atoms with Crippen LogP contribution in [0.4, 0.5) is 0 Å². The Balaban J connectivity index is 1.68. The topological polar surface area (TPSA) is 90.9 Å². The van der Waals surface area contributed by atoms with Crippen LogP contribution in [0.1, 0.15) is 22.5 Å². The number of imidazole rings is 1. The Labute approximate surface area is 190 Å². The molecule has 3 N–H and O–H groups in total. The first kappa shape index (κ1) is 20.3. The number of hydrogen-bond donors (Lipinski definition) is 3. The molecule has 0 radical (unpaired) electrons. The molecule has 0 saturated heterocycles. The highest BCUT2D eigenvalue weighted by molar-refractivity contribution is 5.84. The molecular formula is C27H21N3O3. The highest BCUT2D eigenvalue weighted by Crippen LogP contribution is 2.32. The molecule has 0 aliphatic rings. The molecule has 0 saturated carbocycles. The SMILES string of the molecule is C=C(c1ccccc1)c1nc(-c2ccc(O)cc2)cn2c(O)c(Cc3ccc(O)cc3)nc12. The average Bonchev–Trinajstić information content (AvgIpc) is 3.15. The van der Waals surface area contributed by atoms with Gasteiger partial charge in [0.25, 0.3) is 0 Å². The Bertz CT molecular complexity index is 1460. The maximum absolute atomic E-state index is 11.1. The normalized spacial score (nSPS) is 11.0. The van der Waals surface area contributed by atoms with Gasteiger partial charge in [0, 0.05) is 23.8 Å². The standard InChI is InChI=1S/C27H21N3O3/c1-17(19-5-3-2-4-6-19)25-26-29-23(15-18-7-11-21(31)12-8-18)27(33)30(26)16-24(28-25)20-9-13-22(32)14-10-20/h2-14,16,31-33H,1,15H2. The zero-order valence-corrected chi connectivity index (χ0v) is 17.7. The van der Waals surface area contributed by atoms with E-state index in [4.69, 9.17) is 9.97 Å². The summed E-state index contributed by atoms with van der Waals surface area (Å²) in [5, 5.41) is 30.3. The Kier molecular flexibility index (Phi) is 5.03. The van der Waals surface area contributed by atoms with Gasteiger partial charge < -0.3 is 15.3 Å². The summed E-state index contributed by atoms with van der Waals surface area (Å²) < 4.78 is 1.62. The number of hydrogen-bond acceptors (Lipinski definition) is 5. The number of benzene rings is 3. The van der Waals surface area contributed by atoms with Gasteiger partial charge in [-0.1, -0.05) is 49.0 Å². The number of nitrogens with zero attached hydrogens (tertiary/aromatic N) is 3. The second kappa shape index (κ2) is 8.16. The van der Waals surface area contributed by atoms with E-state index in [1.54, 1.807) is 59.1 Å². The fraction of sp³-hybridized carbons (Fsp3) is 0.0370. The fourth-order valence-electron chi connectivity index (χ4n) is 3.76. The molecular weight excluding hydrogens is 414 g/mol. The second-order valence-corrected chi connectivity index (χ2v) is 7.79. The zero-order valence-electron chi connectivity index (χ0n) is 17.7. The molecule has 162 valence electrons. The van der Waals surface area contributed by atoms with Gasteiger partial charge in [-0.05, 0) is 47.5 Å². The summed E-state index contributed by atoms with van der Waals surface area (Å²) in [5.41, 5.74) is 5.43. The van der Waals surface area contributed by atoms with Crippen molar-refractivity contribution in [1.82, 2.24) is 14.4 Å². The largest absolute Gasteiger partial charge is 0.508 e. The van der Waals surface area contributed by atoms with Crippen LogP contribution in [0.25, 0.3) is 22.5 Å². The average molecular weight is 435 g/mol. The molecule has 0 fully saturated rings. The summed E-state index contributed by atoms with van der Waals surface area (Å²) in [6.45, 7) is 4.26. The van der Waals surface area contributed by atoms with Gasteiger partial charge in [-0.3, -0.25) is 4.40 Å². The maximum atomic E-state index is 11.1. The molecule has 0 aliphatic carbocycles. The van der Waals surface area contributed by atoms with Crippen LogP contribution in [-0.2, 0) is 6.42 Å². The molecule has 0 atom stereocenters. The van der Waals surface area contributed by atoms with E-state index < -0.39 is 0 Å². The van der Waals surface area contributed by atoms with Crippen molar-refractivity contribution in [2.24, 2.45) is 0 Å². The third-order valence-corrected chi connectivity index (χ3v) is 5.53. The number of phenolic OH excluding ortho intramolecular Hbond substituents is 2. The summed E-state index contributed by atoms with van der Waals surface area (Å²) in [5.74, 6) is 0.361. The number of aromatic nitrogens is 3. The summed E-state index contributed by atoms with van der Waals surface area (Å²) in [7, 11) is 0. The van der Waals surface area contributed by atoms with Crippen LogP contribution in [-0.4, -0.2) is 29.7 Å². The molecule has 5 aromatic rings. The van der Waals surface area contributed by atoms with E-state index in [1.165, 1.54) is 0 Å². The Morgan fingerprint density at radius 1 is 0.788 bits per heavy atom. The van der Waals surface area contributed by atoms with Crippen LogP contribution in [0.15, 0.2) is 91.6 Å². The third kappa shape index (κ3) is 3.90. The minimum atomic E-state index is 0.0163. The van der Waals surface area contributed by atoms with Gasteiger partial charge >= 0.3 is 0 Å². The predicted molar refractivity (Wildman–Crippen MR) is 127 cm³/mol. The quantitative estimate of drug-likeness (QED) is 0.354. The Hall–Kier alpha value is -4.58. The summed E-state index contributed by atoms with van der Waals surface area (Å²) in [6, 6.07) is 23.2. The molecule has 6 heteroatoms. The highest BCUT2D eigenvalue weighted by Gasteiger charge is 2.20. The number of rotatable bonds is 5. The highest BCUT2D eigenvalue weighted by atomic mass is 16.3. The van der Waals surface area contributed by atoms with E-state index in [1.807, 2.05) is 30.3 Å². The molecule has 3 aromatic carbocycles. The van der Waals surface area contributed by atoms with E-state index in [0.717, 1.165) is 16.7 Å². The van der Waals surface area contributed by atoms with Crippen LogP contribution >= 0.6 is 0 Å². The van der Waals surface area contributed by atoms with Gasteiger partial charge in [0.1, 0.15) is 22.9 Å². The first-order valence-corrected chi connectivity index (χ1v) is 10.4. The molecule has 33 heavy (non-hydrogen) atoms. The van der Waals surface area contributed by atoms with Crippen LogP contribution in [0.2, 0.25) is 0 Å². The van der Waals surface area contributed by atoms with E-state index in [9.17, 15) is 15.3 Å². The van der Waals surface area contributed by atoms with Gasteiger partial charge in [-0.15, -0.1) is 0 Å². The van der Waals surface area contributed by atoms with Crippen LogP contribution in [0.5, 0.6) is 17.4 Å². The molecule has 5 rings (SSSR count). The number of fused-ring (bicyclic) bond motifs is 1. The summed E-state index contributed by atoms with van der Waals surface area (Å²) in [6.07, 6.45) is 2.12. The minimum Gasteiger partial charge on any atom is -0.508 e. The molecule has 2 aromatic heterocycles. The second-order valence-electron chi connectivity index (χ2n) is 7.79. The lowest BCUT2D eigenvalue weighted by Gasteiger charge is -2.10. The molecule has 0 bridgehead atoms. The van der Waals surface area contributed by atoms with Gasteiger partial charge in [-0.2, -0.15) is 0 Å². The third-order valence-electron chi connectivity index (χ3n) is 5.53. The lowest BCUT2D eigenvalue weighted by molar-refractivity contribution is 0.442. The lowest BCUT2D eigenvalue weighted by Crippen LogP contribution is -2.00. The van der Waals surface area contributed by atoms with Crippen molar-refractivity contribution in [1.29, 1.82) is 0 Å². The van der Waals surface area contributed by atoms with E-state index in [2.05, 4.69) is 6.58 Å². The van der Waals surface area contributed by atoms with Crippen molar-refractivity contribution in [3.8, 4) is 28.6 Å². The van der Waals surface area contributed by atoms with Gasteiger partial charge in [0.2, 0.25) is 5.88 Å². The summed E-state index contributed by atoms with van der Waals surface area (Å²) >= 11 is 0. The van der Waals surface area contributed by atoms with Crippen molar-refractivity contribution in [3.05, 3.63) is 114 Å². The van der Waals surface area contributed by atoms with Gasteiger partial charge in [0.05, 0.1) is 5.69 Å². The van der Waals surface area contributed by atoms with Crippen molar-refractivity contribution in [2.45, 2.75) is 6.42 Å². The van der Waals surface area contributed by atoms with Crippen molar-refractivity contribution >= 4 is 11.2 Å². The Morgan fingerprint density at radius 3 is 2.09 bits per heavy atom. The molecule has 6 nitrogen and oxygen atoms in total. The van der Waals surface area contributed by atoms with E-state index in [-0.39, 0.29) is 17.4 Å². The predicted octanol–water partition coefficient (Wildman–Crippen LogP) is 5.17. The minimum absolute atomic E-state index is 0.0163. The maximum Gasteiger partial charge on any atom is 0.219 e. The molecule has 0 aliphatic heterocycles. The first-order valence-electron chi connectivity index (χ1n) is 10.4. The van der Waals surface area contributed by atoms with Crippen LogP contribution in [0.3, 0.4) is 0 Å². The van der Waals surface area contributed by atoms with Gasteiger partial charge in [-0.25, -0.2) is 9.97 Å². The number of phenols is 2. The zero-order chi connectivity index (χ0) is 22.9. The molecule has 0 spiro atoms. The van der Waals surface area contributed by atoms with Crippen molar-refractivity contribution < 1.29 is 15.3 Å². The molecule has 2 heterocycles. The Morgan fingerprint density at radius 2 is 1.42 bits per heavy atom. The van der Waals surface area contributed by atoms with Crippen molar-refractivity contribution in [3.63, 3.8) is 0 Å². The smallest absolute Gasteiger partial charge is 0.219 e. The summed E-state index contributed by atoms with van der Waals surface area (Å²) in [4.78, 5) is 9.55. The van der Waals surface area contributed by atoms with E-state index in [0.29, 0.717) is 34.7 Å². The first-order chi connectivity index (χ1) is 16.0. The fourth-order valence-corrected chi connectivity index (χ4v) is 3.76. The molecule has 0 unspecified atom stereocenters. The monoisotopic (exact) mass is 435 g/mol. The number of aromatic hydroxyl groups is 3. The van der Waals surface area contributed by atoms with E-state index >= 15 is 0 Å². The van der Waals surface area contributed by atoms with Crippen molar-refractivity contribution in [2.75, 3.05) is 0 Å². The van der Waals surface area contributed by atoms with Gasteiger partial charge in [0.15, 0.2) is 5.65 Å². The van der Waals surface area contributed by atoms with Crippen LogP contribution in [0, 0.1) is 0 Å². The lowest BCUT2D eigenvalue weighted by atomic mass is 10.0. The molecule has 0 amide bonds.